The minimum atomic E-state index is -3.77. The molecule has 0 saturated carbocycles. The van der Waals surface area contributed by atoms with E-state index in [0.29, 0.717) is 23.8 Å². The largest absolute Gasteiger partial charge is 0.497 e. The van der Waals surface area contributed by atoms with Crippen LogP contribution in [-0.2, 0) is 21.4 Å². The smallest absolute Gasteiger partial charge is 0.240 e. The van der Waals surface area contributed by atoms with Crippen LogP contribution in [0.4, 0.5) is 0 Å². The van der Waals surface area contributed by atoms with Gasteiger partial charge in [-0.15, -0.1) is 0 Å². The molecule has 0 aliphatic carbocycles. The highest BCUT2D eigenvalue weighted by Gasteiger charge is 2.25. The van der Waals surface area contributed by atoms with Crippen molar-refractivity contribution in [2.45, 2.75) is 37.8 Å². The molecule has 1 amide bonds. The van der Waals surface area contributed by atoms with Crippen LogP contribution in [0.2, 0.25) is 0 Å². The van der Waals surface area contributed by atoms with E-state index in [9.17, 15) is 13.2 Å². The Morgan fingerprint density at radius 2 is 1.80 bits per heavy atom. The molecule has 1 atom stereocenters. The van der Waals surface area contributed by atoms with E-state index in [1.165, 1.54) is 19.2 Å². The van der Waals surface area contributed by atoms with Crippen LogP contribution in [0.5, 0.6) is 17.2 Å². The van der Waals surface area contributed by atoms with Gasteiger partial charge in [-0.3, -0.25) is 4.79 Å². The van der Waals surface area contributed by atoms with Crippen LogP contribution in [-0.4, -0.2) is 34.3 Å². The number of amides is 1. The number of methoxy groups -OCH3 is 1. The lowest BCUT2D eigenvalue weighted by Crippen LogP contribution is -2.42. The molecule has 0 radical (unpaired) electrons. The van der Waals surface area contributed by atoms with E-state index >= 15 is 0 Å². The first kappa shape index (κ1) is 21.9. The van der Waals surface area contributed by atoms with Crippen molar-refractivity contribution in [3.8, 4) is 17.2 Å². The molecule has 30 heavy (non-hydrogen) atoms. The van der Waals surface area contributed by atoms with Crippen molar-refractivity contribution in [3.63, 3.8) is 0 Å². The Hall–Kier alpha value is -2.78. The Balaban J connectivity index is 1.59. The fourth-order valence-corrected chi connectivity index (χ4v) is 4.34. The van der Waals surface area contributed by atoms with Gasteiger partial charge in [-0.2, -0.15) is 0 Å². The van der Waals surface area contributed by atoms with Gasteiger partial charge in [0.15, 0.2) is 11.5 Å². The summed E-state index contributed by atoms with van der Waals surface area (Å²) in [5, 5.41) is 2.83. The third-order valence-corrected chi connectivity index (χ3v) is 6.32. The van der Waals surface area contributed by atoms with Crippen LogP contribution < -0.4 is 24.2 Å². The van der Waals surface area contributed by atoms with E-state index in [1.807, 2.05) is 26.0 Å². The maximum Gasteiger partial charge on any atom is 0.240 e. The van der Waals surface area contributed by atoms with E-state index in [2.05, 4.69) is 10.0 Å². The van der Waals surface area contributed by atoms with E-state index in [1.54, 1.807) is 18.2 Å². The number of hydrogen-bond acceptors (Lipinski definition) is 6. The van der Waals surface area contributed by atoms with E-state index < -0.39 is 16.1 Å². The Morgan fingerprint density at radius 3 is 2.47 bits per heavy atom. The Morgan fingerprint density at radius 1 is 1.10 bits per heavy atom. The normalized spacial score (nSPS) is 13.9. The summed E-state index contributed by atoms with van der Waals surface area (Å²) in [5.41, 5.74) is 0.868. The highest BCUT2D eigenvalue weighted by Crippen LogP contribution is 2.32. The van der Waals surface area contributed by atoms with Crippen LogP contribution in [0, 0.1) is 5.92 Å². The zero-order chi connectivity index (χ0) is 21.7. The van der Waals surface area contributed by atoms with Gasteiger partial charge in [0.1, 0.15) is 5.75 Å². The van der Waals surface area contributed by atoms with E-state index in [-0.39, 0.29) is 29.9 Å². The summed E-state index contributed by atoms with van der Waals surface area (Å²) >= 11 is 0. The Kier molecular flexibility index (Phi) is 6.84. The predicted octanol–water partition coefficient (Wildman–Crippen LogP) is 2.43. The number of fused-ring (bicyclic) bond motifs is 1. The summed E-state index contributed by atoms with van der Waals surface area (Å²) in [6.07, 6.45) is 0.0254. The van der Waals surface area contributed by atoms with Gasteiger partial charge in [-0.25, -0.2) is 13.1 Å². The Labute approximate surface area is 176 Å². The molecule has 0 fully saturated rings. The third kappa shape index (κ3) is 5.43. The molecule has 0 saturated heterocycles. The quantitative estimate of drug-likeness (QED) is 0.628. The van der Waals surface area contributed by atoms with Crippen LogP contribution in [0.15, 0.2) is 47.4 Å². The lowest BCUT2D eigenvalue weighted by molar-refractivity contribution is -0.121. The fourth-order valence-electron chi connectivity index (χ4n) is 2.96. The second-order valence-corrected chi connectivity index (χ2v) is 9.03. The molecular weight excluding hydrogens is 408 g/mol. The van der Waals surface area contributed by atoms with Crippen molar-refractivity contribution >= 4 is 15.9 Å². The summed E-state index contributed by atoms with van der Waals surface area (Å²) in [6, 6.07) is 11.0. The molecule has 0 spiro atoms. The van der Waals surface area contributed by atoms with Crippen LogP contribution in [0.1, 0.15) is 25.8 Å². The van der Waals surface area contributed by atoms with Crippen LogP contribution in [0.25, 0.3) is 0 Å². The maximum atomic E-state index is 12.7. The number of carbonyl (C=O) groups excluding carboxylic acids is 1. The second-order valence-electron chi connectivity index (χ2n) is 7.32. The average molecular weight is 435 g/mol. The molecule has 1 aliphatic heterocycles. The highest BCUT2D eigenvalue weighted by molar-refractivity contribution is 7.89. The monoisotopic (exact) mass is 434 g/mol. The van der Waals surface area contributed by atoms with Gasteiger partial charge in [0.2, 0.25) is 22.7 Å². The number of carbonyl (C=O) groups is 1. The van der Waals surface area contributed by atoms with Crippen molar-refractivity contribution in [1.82, 2.24) is 10.0 Å². The number of benzene rings is 2. The second kappa shape index (κ2) is 9.36. The van der Waals surface area contributed by atoms with Crippen LogP contribution >= 0.6 is 0 Å². The standard InChI is InChI=1S/C21H26N2O6S/c1-14(2)18(23-30(25,26)17-7-5-16(27-3)6-8-17)11-21(24)22-12-15-4-9-19-20(10-15)29-13-28-19/h4-10,14,18,23H,11-13H2,1-3H3,(H,22,24)/t18-/m0/s1. The molecule has 162 valence electrons. The van der Waals surface area contributed by atoms with E-state index in [0.717, 1.165) is 5.56 Å². The zero-order valence-electron chi connectivity index (χ0n) is 17.2. The van der Waals surface area contributed by atoms with Gasteiger partial charge < -0.3 is 19.5 Å². The number of sulfonamides is 1. The van der Waals surface area contributed by atoms with Gasteiger partial charge in [0, 0.05) is 19.0 Å². The lowest BCUT2D eigenvalue weighted by atomic mass is 10.0. The van der Waals surface area contributed by atoms with Gasteiger partial charge in [-0.05, 0) is 47.9 Å². The van der Waals surface area contributed by atoms with Gasteiger partial charge >= 0.3 is 0 Å². The van der Waals surface area contributed by atoms with Crippen molar-refractivity contribution in [1.29, 1.82) is 0 Å². The summed E-state index contributed by atoms with van der Waals surface area (Å²) in [4.78, 5) is 12.6. The first-order valence-corrected chi connectivity index (χ1v) is 11.1. The molecule has 0 unspecified atom stereocenters. The molecule has 8 nitrogen and oxygen atoms in total. The molecule has 1 heterocycles. The minimum Gasteiger partial charge on any atom is -0.497 e. The molecule has 3 rings (SSSR count). The summed E-state index contributed by atoms with van der Waals surface area (Å²) < 4.78 is 43.7. The SMILES string of the molecule is COc1ccc(S(=O)(=O)N[C@@H](CC(=O)NCc2ccc3c(c2)OCO3)C(C)C)cc1. The Bertz CT molecular complexity index is 989. The van der Waals surface area contributed by atoms with Crippen molar-refractivity contribution in [2.75, 3.05) is 13.9 Å². The van der Waals surface area contributed by atoms with Gasteiger partial charge in [0.25, 0.3) is 0 Å². The van der Waals surface area contributed by atoms with Crippen molar-refractivity contribution in [2.24, 2.45) is 5.92 Å². The first-order valence-electron chi connectivity index (χ1n) is 9.60. The third-order valence-electron chi connectivity index (χ3n) is 4.81. The first-order chi connectivity index (χ1) is 14.3. The maximum absolute atomic E-state index is 12.7. The number of ether oxygens (including phenoxy) is 3. The summed E-state index contributed by atoms with van der Waals surface area (Å²) in [5.74, 6) is 1.57. The highest BCUT2D eigenvalue weighted by atomic mass is 32.2. The molecule has 1 aliphatic rings. The zero-order valence-corrected chi connectivity index (χ0v) is 18.0. The molecule has 2 aromatic carbocycles. The van der Waals surface area contributed by atoms with Gasteiger partial charge in [-0.1, -0.05) is 19.9 Å². The van der Waals surface area contributed by atoms with Crippen molar-refractivity contribution < 1.29 is 27.4 Å². The molecule has 0 bridgehead atoms. The lowest BCUT2D eigenvalue weighted by Gasteiger charge is -2.22. The molecule has 9 heteroatoms. The molecule has 2 N–H and O–H groups in total. The molecule has 2 aromatic rings. The number of rotatable bonds is 9. The van der Waals surface area contributed by atoms with Crippen molar-refractivity contribution in [3.05, 3.63) is 48.0 Å². The molecule has 0 aromatic heterocycles. The van der Waals surface area contributed by atoms with Crippen LogP contribution in [0.3, 0.4) is 0 Å². The van der Waals surface area contributed by atoms with E-state index in [4.69, 9.17) is 14.2 Å². The topological polar surface area (TPSA) is 103 Å². The molecular formula is C21H26N2O6S. The fraction of sp³-hybridized carbons (Fsp3) is 0.381. The number of nitrogens with one attached hydrogen (secondary N) is 2. The van der Waals surface area contributed by atoms with Gasteiger partial charge in [0.05, 0.1) is 12.0 Å². The summed E-state index contributed by atoms with van der Waals surface area (Å²) in [6.45, 7) is 4.24. The minimum absolute atomic E-state index is 0.0254. The number of hydrogen-bond donors (Lipinski definition) is 2. The average Bonchev–Trinajstić information content (AvgIpc) is 3.19. The summed E-state index contributed by atoms with van der Waals surface area (Å²) in [7, 11) is -2.25. The predicted molar refractivity (Wildman–Crippen MR) is 111 cm³/mol.